The highest BCUT2D eigenvalue weighted by Gasteiger charge is 2.26. The quantitative estimate of drug-likeness (QED) is 0.732. The molecule has 1 heterocycles. The number of hydrogen-bond acceptors (Lipinski definition) is 4. The van der Waals surface area contributed by atoms with Gasteiger partial charge in [0.2, 0.25) is 11.8 Å². The fraction of sp³-hybridized carbons (Fsp3) is 0.619. The molecule has 6 nitrogen and oxygen atoms in total. The number of rotatable bonds is 8. The van der Waals surface area contributed by atoms with E-state index in [9.17, 15) is 9.59 Å². The molecular weight excluding hydrogens is 342 g/mol. The summed E-state index contributed by atoms with van der Waals surface area (Å²) in [4.78, 5) is 26.5. The van der Waals surface area contributed by atoms with Gasteiger partial charge in [-0.15, -0.1) is 0 Å². The van der Waals surface area contributed by atoms with Gasteiger partial charge in [-0.25, -0.2) is 0 Å². The highest BCUT2D eigenvalue weighted by molar-refractivity contribution is 5.82. The lowest BCUT2D eigenvalue weighted by Gasteiger charge is -2.29. The first-order valence-electron chi connectivity index (χ1n) is 9.75. The normalized spacial score (nSPS) is 16.0. The Labute approximate surface area is 162 Å². The Bertz CT molecular complexity index is 634. The van der Waals surface area contributed by atoms with Crippen LogP contribution < -0.4 is 15.4 Å². The number of carbonyl (C=O) groups excluding carboxylic acids is 2. The van der Waals surface area contributed by atoms with E-state index in [1.807, 2.05) is 39.0 Å². The molecule has 150 valence electrons. The molecule has 2 N–H and O–H groups in total. The summed E-state index contributed by atoms with van der Waals surface area (Å²) in [6.07, 6.45) is 2.64. The lowest BCUT2D eigenvalue weighted by molar-refractivity contribution is -0.128. The molecule has 1 aliphatic heterocycles. The van der Waals surface area contributed by atoms with Crippen molar-refractivity contribution in [3.05, 3.63) is 29.8 Å². The molecule has 1 unspecified atom stereocenters. The molecule has 0 aliphatic carbocycles. The van der Waals surface area contributed by atoms with Crippen LogP contribution in [0.5, 0.6) is 5.75 Å². The van der Waals surface area contributed by atoms with Gasteiger partial charge in [-0.05, 0) is 32.0 Å². The molecule has 1 aliphatic rings. The van der Waals surface area contributed by atoms with Gasteiger partial charge in [0.1, 0.15) is 5.75 Å². The number of ether oxygens (including phenoxy) is 1. The van der Waals surface area contributed by atoms with Gasteiger partial charge >= 0.3 is 0 Å². The Morgan fingerprint density at radius 3 is 2.44 bits per heavy atom. The van der Waals surface area contributed by atoms with Gasteiger partial charge in [0, 0.05) is 30.5 Å². The van der Waals surface area contributed by atoms with Crippen molar-refractivity contribution in [1.82, 2.24) is 15.5 Å². The van der Waals surface area contributed by atoms with E-state index in [1.54, 1.807) is 7.11 Å². The predicted octanol–water partition coefficient (Wildman–Crippen LogP) is 2.50. The van der Waals surface area contributed by atoms with Crippen molar-refractivity contribution in [2.75, 3.05) is 33.3 Å². The predicted molar refractivity (Wildman–Crippen MR) is 107 cm³/mol. The van der Waals surface area contributed by atoms with Crippen molar-refractivity contribution in [1.29, 1.82) is 0 Å². The Balaban J connectivity index is 1.92. The number of amides is 2. The van der Waals surface area contributed by atoms with E-state index in [1.165, 1.54) is 12.8 Å². The number of methoxy groups -OCH3 is 1. The van der Waals surface area contributed by atoms with E-state index >= 15 is 0 Å². The molecule has 6 heteroatoms. The highest BCUT2D eigenvalue weighted by Crippen LogP contribution is 2.31. The molecule has 2 amide bonds. The molecule has 2 rings (SSSR count). The van der Waals surface area contributed by atoms with Crippen LogP contribution in [0.4, 0.5) is 0 Å². The zero-order valence-corrected chi connectivity index (χ0v) is 17.0. The standard InChI is InChI=1S/C21H33N3O3/c1-21(2,3)20(26)22-12-11-19(25)23-15-17(24-13-7-8-14-24)16-9-5-6-10-18(16)27-4/h5-6,9-10,17H,7-8,11-15H2,1-4H3,(H,22,26)(H,23,25). The van der Waals surface area contributed by atoms with Crippen LogP contribution in [-0.2, 0) is 9.59 Å². The highest BCUT2D eigenvalue weighted by atomic mass is 16.5. The first kappa shape index (κ1) is 21.2. The monoisotopic (exact) mass is 375 g/mol. The maximum Gasteiger partial charge on any atom is 0.225 e. The third-order valence-electron chi connectivity index (χ3n) is 4.89. The van der Waals surface area contributed by atoms with E-state index in [0.717, 1.165) is 24.4 Å². The summed E-state index contributed by atoms with van der Waals surface area (Å²) < 4.78 is 5.53. The summed E-state index contributed by atoms with van der Waals surface area (Å²) in [6.45, 7) is 8.51. The van der Waals surface area contributed by atoms with E-state index < -0.39 is 5.41 Å². The van der Waals surface area contributed by atoms with E-state index in [-0.39, 0.29) is 24.3 Å². The Hall–Kier alpha value is -2.08. The molecule has 27 heavy (non-hydrogen) atoms. The number of carbonyl (C=O) groups is 2. The van der Waals surface area contributed by atoms with E-state index in [2.05, 4.69) is 21.6 Å². The maximum atomic E-state index is 12.3. The fourth-order valence-electron chi connectivity index (χ4n) is 3.28. The molecule has 1 saturated heterocycles. The van der Waals surface area contributed by atoms with Gasteiger partial charge < -0.3 is 15.4 Å². The second-order valence-corrected chi connectivity index (χ2v) is 8.06. The smallest absolute Gasteiger partial charge is 0.225 e. The summed E-state index contributed by atoms with van der Waals surface area (Å²) in [5, 5.41) is 5.85. The summed E-state index contributed by atoms with van der Waals surface area (Å²) in [6, 6.07) is 8.08. The summed E-state index contributed by atoms with van der Waals surface area (Å²) in [7, 11) is 1.68. The minimum absolute atomic E-state index is 0.0423. The second kappa shape index (κ2) is 9.74. The van der Waals surface area contributed by atoms with Crippen LogP contribution in [0, 0.1) is 5.41 Å². The lowest BCUT2D eigenvalue weighted by Crippen LogP contribution is -2.39. The van der Waals surface area contributed by atoms with Crippen molar-refractivity contribution < 1.29 is 14.3 Å². The van der Waals surface area contributed by atoms with Crippen LogP contribution in [0.2, 0.25) is 0 Å². The topological polar surface area (TPSA) is 70.7 Å². The average Bonchev–Trinajstić information content (AvgIpc) is 3.15. The van der Waals surface area contributed by atoms with Crippen LogP contribution in [-0.4, -0.2) is 50.0 Å². The number of nitrogens with zero attached hydrogens (tertiary/aromatic N) is 1. The Kier molecular flexibility index (Phi) is 7.66. The number of benzene rings is 1. The molecule has 0 spiro atoms. The number of nitrogens with one attached hydrogen (secondary N) is 2. The molecule has 1 aromatic rings. The zero-order chi connectivity index (χ0) is 19.9. The first-order valence-corrected chi connectivity index (χ1v) is 9.75. The minimum Gasteiger partial charge on any atom is -0.496 e. The Morgan fingerprint density at radius 2 is 1.81 bits per heavy atom. The van der Waals surface area contributed by atoms with Gasteiger partial charge in [-0.3, -0.25) is 14.5 Å². The summed E-state index contributed by atoms with van der Waals surface area (Å²) >= 11 is 0. The van der Waals surface area contributed by atoms with E-state index in [0.29, 0.717) is 13.1 Å². The van der Waals surface area contributed by atoms with Crippen LogP contribution in [0.1, 0.15) is 51.6 Å². The lowest BCUT2D eigenvalue weighted by atomic mass is 9.96. The van der Waals surface area contributed by atoms with Crippen molar-refractivity contribution >= 4 is 11.8 Å². The van der Waals surface area contributed by atoms with Gasteiger partial charge in [0.25, 0.3) is 0 Å². The molecule has 0 radical (unpaired) electrons. The third kappa shape index (κ3) is 6.24. The van der Waals surface area contributed by atoms with Gasteiger partial charge in [-0.1, -0.05) is 39.0 Å². The first-order chi connectivity index (χ1) is 12.8. The van der Waals surface area contributed by atoms with Crippen LogP contribution in [0.25, 0.3) is 0 Å². The van der Waals surface area contributed by atoms with Gasteiger partial charge in [0.05, 0.1) is 13.2 Å². The molecule has 0 saturated carbocycles. The van der Waals surface area contributed by atoms with Crippen molar-refractivity contribution in [2.45, 2.75) is 46.1 Å². The molecule has 1 fully saturated rings. The van der Waals surface area contributed by atoms with Crippen molar-refractivity contribution in [3.8, 4) is 5.75 Å². The minimum atomic E-state index is -0.443. The van der Waals surface area contributed by atoms with Crippen LogP contribution in [0.15, 0.2) is 24.3 Å². The molecule has 0 bridgehead atoms. The molecule has 0 aromatic heterocycles. The molecule has 1 atom stereocenters. The van der Waals surface area contributed by atoms with Crippen molar-refractivity contribution in [2.24, 2.45) is 5.41 Å². The fourth-order valence-corrected chi connectivity index (χ4v) is 3.28. The largest absolute Gasteiger partial charge is 0.496 e. The van der Waals surface area contributed by atoms with Crippen molar-refractivity contribution in [3.63, 3.8) is 0 Å². The van der Waals surface area contributed by atoms with Crippen LogP contribution in [0.3, 0.4) is 0 Å². The summed E-state index contributed by atoms with van der Waals surface area (Å²) in [5.41, 5.74) is 0.657. The van der Waals surface area contributed by atoms with Crippen LogP contribution >= 0.6 is 0 Å². The molecular formula is C21H33N3O3. The maximum absolute atomic E-state index is 12.3. The SMILES string of the molecule is COc1ccccc1C(CNC(=O)CCNC(=O)C(C)(C)C)N1CCCC1. The Morgan fingerprint density at radius 1 is 1.15 bits per heavy atom. The summed E-state index contributed by atoms with van der Waals surface area (Å²) in [5.74, 6) is 0.753. The third-order valence-corrected chi connectivity index (χ3v) is 4.89. The van der Waals surface area contributed by atoms with Gasteiger partial charge in [0.15, 0.2) is 0 Å². The van der Waals surface area contributed by atoms with E-state index in [4.69, 9.17) is 4.74 Å². The number of para-hydroxylation sites is 1. The molecule has 1 aromatic carbocycles. The number of hydrogen-bond donors (Lipinski definition) is 2. The average molecular weight is 376 g/mol. The zero-order valence-electron chi connectivity index (χ0n) is 17.0. The number of likely N-dealkylation sites (tertiary alicyclic amines) is 1. The van der Waals surface area contributed by atoms with Gasteiger partial charge in [-0.2, -0.15) is 0 Å². The second-order valence-electron chi connectivity index (χ2n) is 8.06.